The van der Waals surface area contributed by atoms with Crippen LogP contribution in [-0.4, -0.2) is 74.7 Å². The second kappa shape index (κ2) is 16.4. The molecule has 9 nitrogen and oxygen atoms in total. The highest BCUT2D eigenvalue weighted by molar-refractivity contribution is 5.91. The first-order chi connectivity index (χ1) is 17.5. The number of aliphatic carboxylic acids is 1. The number of hydrogen-bond acceptors (Lipinski definition) is 6. The van der Waals surface area contributed by atoms with Crippen molar-refractivity contribution in [2.45, 2.75) is 39.2 Å². The van der Waals surface area contributed by atoms with E-state index in [1.54, 1.807) is 43.2 Å². The zero-order chi connectivity index (χ0) is 26.2. The summed E-state index contributed by atoms with van der Waals surface area (Å²) in [5, 5.41) is 12.2. The lowest BCUT2D eigenvalue weighted by molar-refractivity contribution is -0.149. The largest absolute Gasteiger partial charge is 0.495 e. The first-order valence-corrected chi connectivity index (χ1v) is 12.3. The van der Waals surface area contributed by atoms with Gasteiger partial charge in [-0.25, -0.2) is 9.59 Å². The summed E-state index contributed by atoms with van der Waals surface area (Å²) in [4.78, 5) is 25.9. The zero-order valence-corrected chi connectivity index (χ0v) is 21.4. The van der Waals surface area contributed by atoms with Gasteiger partial charge < -0.3 is 34.3 Å². The topological polar surface area (TPSA) is 107 Å². The summed E-state index contributed by atoms with van der Waals surface area (Å²) >= 11 is 0. The number of hydrogen-bond donors (Lipinski definition) is 2. The number of nitrogens with zero attached hydrogens (tertiary/aromatic N) is 1. The van der Waals surface area contributed by atoms with Gasteiger partial charge in [0.1, 0.15) is 18.1 Å². The van der Waals surface area contributed by atoms with Crippen LogP contribution in [-0.2, 0) is 20.7 Å². The van der Waals surface area contributed by atoms with E-state index in [4.69, 9.17) is 18.9 Å². The van der Waals surface area contributed by atoms with E-state index in [2.05, 4.69) is 12.2 Å². The minimum Gasteiger partial charge on any atom is -0.495 e. The van der Waals surface area contributed by atoms with Gasteiger partial charge in [0.05, 0.1) is 25.9 Å². The maximum absolute atomic E-state index is 13.0. The normalized spacial score (nSPS) is 11.5. The average molecular weight is 503 g/mol. The fraction of sp³-hybridized carbons (Fsp3) is 0.481. The average Bonchev–Trinajstić information content (AvgIpc) is 2.88. The molecule has 0 spiro atoms. The Morgan fingerprint density at radius 2 is 1.72 bits per heavy atom. The molecule has 2 aromatic rings. The molecule has 0 aliphatic carbocycles. The van der Waals surface area contributed by atoms with E-state index < -0.39 is 12.1 Å². The Hall–Kier alpha value is -3.30. The van der Waals surface area contributed by atoms with Crippen LogP contribution < -0.4 is 14.8 Å². The smallest absolute Gasteiger partial charge is 0.333 e. The third-order valence-corrected chi connectivity index (χ3v) is 5.40. The van der Waals surface area contributed by atoms with Crippen molar-refractivity contribution in [1.29, 1.82) is 0 Å². The molecular formula is C27H38N2O7. The van der Waals surface area contributed by atoms with Gasteiger partial charge in [-0.05, 0) is 43.2 Å². The van der Waals surface area contributed by atoms with Gasteiger partial charge in [-0.15, -0.1) is 0 Å². The molecule has 0 aromatic heterocycles. The van der Waals surface area contributed by atoms with Gasteiger partial charge in [-0.3, -0.25) is 0 Å². The molecule has 2 aromatic carbocycles. The van der Waals surface area contributed by atoms with Gasteiger partial charge in [0.2, 0.25) is 0 Å². The molecule has 9 heteroatoms. The van der Waals surface area contributed by atoms with Crippen LogP contribution >= 0.6 is 0 Å². The van der Waals surface area contributed by atoms with E-state index >= 15 is 0 Å². The van der Waals surface area contributed by atoms with Crippen LogP contribution in [0.2, 0.25) is 0 Å². The number of nitrogens with one attached hydrogen (secondary N) is 1. The highest BCUT2D eigenvalue weighted by Crippen LogP contribution is 2.23. The predicted octanol–water partition coefficient (Wildman–Crippen LogP) is 4.46. The van der Waals surface area contributed by atoms with Crippen LogP contribution in [0.1, 0.15) is 32.3 Å². The van der Waals surface area contributed by atoms with Crippen molar-refractivity contribution in [2.24, 2.45) is 0 Å². The van der Waals surface area contributed by atoms with E-state index in [0.717, 1.165) is 18.4 Å². The fourth-order valence-corrected chi connectivity index (χ4v) is 3.41. The number of amides is 2. The number of benzene rings is 2. The quantitative estimate of drug-likeness (QED) is 0.308. The molecule has 0 aliphatic rings. The maximum atomic E-state index is 13.0. The van der Waals surface area contributed by atoms with Crippen LogP contribution in [0.3, 0.4) is 0 Å². The van der Waals surface area contributed by atoms with E-state index in [9.17, 15) is 14.7 Å². The lowest BCUT2D eigenvalue weighted by Crippen LogP contribution is -2.40. The Kier molecular flexibility index (Phi) is 13.2. The summed E-state index contributed by atoms with van der Waals surface area (Å²) in [6, 6.07) is 14.2. The molecule has 198 valence electrons. The van der Waals surface area contributed by atoms with E-state index in [-0.39, 0.29) is 19.1 Å². The summed E-state index contributed by atoms with van der Waals surface area (Å²) in [5.41, 5.74) is 1.43. The molecule has 0 radical (unpaired) electrons. The number of ether oxygens (including phenoxy) is 4. The van der Waals surface area contributed by atoms with Crippen molar-refractivity contribution in [3.8, 4) is 11.5 Å². The van der Waals surface area contributed by atoms with Crippen molar-refractivity contribution < 1.29 is 33.6 Å². The number of carboxylic acids is 1. The Balaban J connectivity index is 1.93. The third-order valence-electron chi connectivity index (χ3n) is 5.40. The Morgan fingerprint density at radius 3 is 2.39 bits per heavy atom. The summed E-state index contributed by atoms with van der Waals surface area (Å²) in [6.45, 7) is 6.35. The van der Waals surface area contributed by atoms with Crippen LogP contribution in [0, 0.1) is 0 Å². The predicted molar refractivity (Wildman–Crippen MR) is 138 cm³/mol. The second-order valence-corrected chi connectivity index (χ2v) is 8.06. The van der Waals surface area contributed by atoms with E-state index in [1.165, 1.54) is 0 Å². The molecule has 1 atom stereocenters. The molecule has 0 bridgehead atoms. The SMILES string of the molecule is CCCCOCCN(CCOc1ccc(CC(OCC)C(=O)O)cc1)C(=O)Nc1ccccc1OC. The number of para-hydroxylation sites is 2. The Bertz CT molecular complexity index is 921. The lowest BCUT2D eigenvalue weighted by Gasteiger charge is -2.24. The number of carbonyl (C=O) groups is 2. The van der Waals surface area contributed by atoms with Crippen molar-refractivity contribution in [3.05, 3.63) is 54.1 Å². The Labute approximate surface area is 213 Å². The van der Waals surface area contributed by atoms with Crippen molar-refractivity contribution >= 4 is 17.7 Å². The Morgan fingerprint density at radius 1 is 1.00 bits per heavy atom. The molecular weight excluding hydrogens is 464 g/mol. The minimum atomic E-state index is -0.984. The van der Waals surface area contributed by atoms with Gasteiger partial charge in [0.25, 0.3) is 0 Å². The van der Waals surface area contributed by atoms with Crippen LogP contribution in [0.15, 0.2) is 48.5 Å². The van der Waals surface area contributed by atoms with E-state index in [0.29, 0.717) is 50.1 Å². The number of carbonyl (C=O) groups excluding carboxylic acids is 1. The van der Waals surface area contributed by atoms with Crippen molar-refractivity contribution in [2.75, 3.05) is 51.9 Å². The molecule has 0 saturated heterocycles. The van der Waals surface area contributed by atoms with E-state index in [1.807, 2.05) is 24.3 Å². The van der Waals surface area contributed by atoms with Gasteiger partial charge in [-0.1, -0.05) is 37.6 Å². The van der Waals surface area contributed by atoms with Crippen molar-refractivity contribution in [1.82, 2.24) is 4.90 Å². The molecule has 2 rings (SSSR count). The minimum absolute atomic E-state index is 0.270. The summed E-state index contributed by atoms with van der Waals surface area (Å²) < 4.78 is 22.1. The highest BCUT2D eigenvalue weighted by Gasteiger charge is 2.18. The van der Waals surface area contributed by atoms with Crippen LogP contribution in [0.4, 0.5) is 10.5 Å². The lowest BCUT2D eigenvalue weighted by atomic mass is 10.1. The monoisotopic (exact) mass is 502 g/mol. The number of methoxy groups -OCH3 is 1. The fourth-order valence-electron chi connectivity index (χ4n) is 3.41. The number of carboxylic acid groups (broad SMARTS) is 1. The molecule has 2 N–H and O–H groups in total. The number of unbranched alkanes of at least 4 members (excludes halogenated alkanes) is 1. The number of anilines is 1. The molecule has 36 heavy (non-hydrogen) atoms. The first-order valence-electron chi connectivity index (χ1n) is 12.3. The van der Waals surface area contributed by atoms with Gasteiger partial charge in [-0.2, -0.15) is 0 Å². The van der Waals surface area contributed by atoms with Gasteiger partial charge >= 0.3 is 12.0 Å². The second-order valence-electron chi connectivity index (χ2n) is 8.06. The highest BCUT2D eigenvalue weighted by atomic mass is 16.5. The molecule has 0 heterocycles. The molecule has 0 saturated carbocycles. The molecule has 0 fully saturated rings. The molecule has 2 amide bonds. The maximum Gasteiger partial charge on any atom is 0.333 e. The van der Waals surface area contributed by atoms with Gasteiger partial charge in [0, 0.05) is 26.2 Å². The summed E-state index contributed by atoms with van der Waals surface area (Å²) in [6.07, 6.45) is 1.42. The van der Waals surface area contributed by atoms with Crippen LogP contribution in [0.25, 0.3) is 0 Å². The number of urea groups is 1. The first kappa shape index (κ1) is 28.9. The van der Waals surface area contributed by atoms with Crippen molar-refractivity contribution in [3.63, 3.8) is 0 Å². The standard InChI is InChI=1S/C27H38N2O7/c1-4-6-17-34-18-15-29(27(32)28-23-9-7-8-10-24(23)33-3)16-19-36-22-13-11-21(12-14-22)20-25(26(30)31)35-5-2/h7-14,25H,4-6,15-20H2,1-3H3,(H,28,32)(H,30,31). The van der Waals surface area contributed by atoms with Gasteiger partial charge in [0.15, 0.2) is 6.10 Å². The van der Waals surface area contributed by atoms with Crippen LogP contribution in [0.5, 0.6) is 11.5 Å². The third kappa shape index (κ3) is 10.1. The zero-order valence-electron chi connectivity index (χ0n) is 21.4. The molecule has 0 aliphatic heterocycles. The summed E-state index contributed by atoms with van der Waals surface area (Å²) in [5.74, 6) is 0.226. The number of rotatable bonds is 17. The summed E-state index contributed by atoms with van der Waals surface area (Å²) in [7, 11) is 1.56. The molecule has 1 unspecified atom stereocenters.